The highest BCUT2D eigenvalue weighted by atomic mass is 32.2. The van der Waals surface area contributed by atoms with Gasteiger partial charge < -0.3 is 15.8 Å². The van der Waals surface area contributed by atoms with Crippen molar-refractivity contribution in [3.8, 4) is 5.75 Å². The molecule has 1 aliphatic heterocycles. The lowest BCUT2D eigenvalue weighted by molar-refractivity contribution is -0.118. The van der Waals surface area contributed by atoms with E-state index in [0.29, 0.717) is 10.3 Å². The lowest BCUT2D eigenvalue weighted by atomic mass is 10.1. The molecular weight excluding hydrogens is 399 g/mol. The van der Waals surface area contributed by atoms with Crippen LogP contribution in [0, 0.1) is 12.7 Å². The summed E-state index contributed by atoms with van der Waals surface area (Å²) in [6.45, 7) is 1.28. The largest absolute Gasteiger partial charge is 0.484 e. The van der Waals surface area contributed by atoms with E-state index in [-0.39, 0.29) is 23.4 Å². The maximum absolute atomic E-state index is 13.9. The Labute approximate surface area is 171 Å². The Hall–Kier alpha value is -2.19. The van der Waals surface area contributed by atoms with Crippen LogP contribution >= 0.6 is 23.5 Å². The Balaban J connectivity index is 1.58. The Kier molecular flexibility index (Phi) is 6.85. The number of ether oxygens (including phenoxy) is 1. The molecule has 0 spiro atoms. The third-order valence-corrected chi connectivity index (χ3v) is 7.27. The van der Waals surface area contributed by atoms with Gasteiger partial charge in [-0.3, -0.25) is 9.59 Å². The van der Waals surface area contributed by atoms with E-state index in [9.17, 15) is 14.0 Å². The van der Waals surface area contributed by atoms with Crippen LogP contribution in [0.3, 0.4) is 0 Å². The summed E-state index contributed by atoms with van der Waals surface area (Å²) in [5.74, 6) is 1.10. The number of hydrogen-bond acceptors (Lipinski definition) is 5. The maximum atomic E-state index is 13.9. The highest BCUT2D eigenvalue weighted by Gasteiger charge is 2.17. The number of hydrogen-bond donors (Lipinski definition) is 2. The molecule has 2 aromatic carbocycles. The molecule has 1 heterocycles. The topological polar surface area (TPSA) is 81.4 Å². The molecule has 0 radical (unpaired) electrons. The number of primary amides is 1. The summed E-state index contributed by atoms with van der Waals surface area (Å²) in [5, 5.41) is 2.56. The van der Waals surface area contributed by atoms with Crippen LogP contribution in [-0.2, 0) is 4.79 Å². The summed E-state index contributed by atoms with van der Waals surface area (Å²) >= 11 is 3.88. The quantitative estimate of drug-likeness (QED) is 0.735. The Bertz CT molecular complexity index is 868. The zero-order valence-electron chi connectivity index (χ0n) is 15.4. The molecular formula is C20H21FN2O3S2. The van der Waals surface area contributed by atoms with E-state index in [1.165, 1.54) is 36.5 Å². The van der Waals surface area contributed by atoms with E-state index in [1.54, 1.807) is 0 Å². The monoisotopic (exact) mass is 420 g/mol. The highest BCUT2D eigenvalue weighted by molar-refractivity contribution is 8.16. The van der Waals surface area contributed by atoms with Crippen molar-refractivity contribution in [2.75, 3.05) is 23.4 Å². The fourth-order valence-corrected chi connectivity index (χ4v) is 5.58. The standard InChI is InChI=1S/C20H21FN2O3S2/c1-12-16(21)9-14(19(22)25)10-17(12)23-18(24)11-26-15-5-3-13(4-6-15)20-27-7-2-8-28-20/h3-6,9-10,20H,2,7-8,11H2,1H3,(H2,22,25)(H,23,24). The summed E-state index contributed by atoms with van der Waals surface area (Å²) in [4.78, 5) is 23.4. The van der Waals surface area contributed by atoms with Crippen LogP contribution in [0.1, 0.15) is 32.5 Å². The number of rotatable bonds is 6. The molecule has 0 aromatic heterocycles. The summed E-state index contributed by atoms with van der Waals surface area (Å²) in [6.07, 6.45) is 1.24. The zero-order valence-corrected chi connectivity index (χ0v) is 17.0. The second-order valence-corrected chi connectivity index (χ2v) is 9.05. The molecule has 0 bridgehead atoms. The Morgan fingerprint density at radius 2 is 1.89 bits per heavy atom. The Morgan fingerprint density at radius 1 is 1.21 bits per heavy atom. The van der Waals surface area contributed by atoms with Gasteiger partial charge in [0, 0.05) is 16.8 Å². The number of carbonyl (C=O) groups excluding carboxylic acids is 2. The lowest BCUT2D eigenvalue weighted by Crippen LogP contribution is -2.21. The zero-order chi connectivity index (χ0) is 20.1. The first-order valence-corrected chi connectivity index (χ1v) is 10.9. The van der Waals surface area contributed by atoms with Gasteiger partial charge in [0.1, 0.15) is 11.6 Å². The van der Waals surface area contributed by atoms with Crippen LogP contribution in [0.2, 0.25) is 0 Å². The van der Waals surface area contributed by atoms with Crippen LogP contribution in [0.15, 0.2) is 36.4 Å². The fourth-order valence-electron chi connectivity index (χ4n) is 2.69. The molecule has 0 aliphatic carbocycles. The van der Waals surface area contributed by atoms with E-state index in [4.69, 9.17) is 10.5 Å². The number of carbonyl (C=O) groups is 2. The third-order valence-electron chi connectivity index (χ3n) is 4.25. The van der Waals surface area contributed by atoms with Crippen LogP contribution in [0.25, 0.3) is 0 Å². The predicted octanol–water partition coefficient (Wildman–Crippen LogP) is 4.12. The summed E-state index contributed by atoms with van der Waals surface area (Å²) in [6, 6.07) is 10.1. The van der Waals surface area contributed by atoms with Gasteiger partial charge in [0.15, 0.2) is 6.61 Å². The highest BCUT2D eigenvalue weighted by Crippen LogP contribution is 2.43. The molecule has 0 atom stereocenters. The minimum absolute atomic E-state index is 0.00615. The average molecular weight is 421 g/mol. The molecule has 1 aliphatic rings. The number of amides is 2. The van der Waals surface area contributed by atoms with E-state index in [2.05, 4.69) is 5.32 Å². The van der Waals surface area contributed by atoms with Crippen molar-refractivity contribution in [1.82, 2.24) is 0 Å². The first-order chi connectivity index (χ1) is 13.4. The van der Waals surface area contributed by atoms with Crippen LogP contribution in [0.4, 0.5) is 10.1 Å². The number of benzene rings is 2. The molecule has 148 valence electrons. The predicted molar refractivity (Wildman–Crippen MR) is 112 cm³/mol. The van der Waals surface area contributed by atoms with E-state index >= 15 is 0 Å². The normalized spacial score (nSPS) is 14.5. The molecule has 1 saturated heterocycles. The lowest BCUT2D eigenvalue weighted by Gasteiger charge is -2.21. The molecule has 28 heavy (non-hydrogen) atoms. The smallest absolute Gasteiger partial charge is 0.262 e. The minimum atomic E-state index is -0.764. The van der Waals surface area contributed by atoms with Crippen molar-refractivity contribution in [2.24, 2.45) is 5.73 Å². The fraction of sp³-hybridized carbons (Fsp3) is 0.300. The average Bonchev–Trinajstić information content (AvgIpc) is 2.70. The van der Waals surface area contributed by atoms with Gasteiger partial charge >= 0.3 is 0 Å². The van der Waals surface area contributed by atoms with Crippen molar-refractivity contribution < 1.29 is 18.7 Å². The molecule has 3 N–H and O–H groups in total. The Morgan fingerprint density at radius 3 is 2.54 bits per heavy atom. The van der Waals surface area contributed by atoms with Crippen LogP contribution < -0.4 is 15.8 Å². The number of nitrogens with two attached hydrogens (primary N) is 1. The van der Waals surface area contributed by atoms with Gasteiger partial charge in [-0.15, -0.1) is 23.5 Å². The molecule has 2 amide bonds. The van der Waals surface area contributed by atoms with Crippen molar-refractivity contribution in [3.63, 3.8) is 0 Å². The van der Waals surface area contributed by atoms with Crippen molar-refractivity contribution in [2.45, 2.75) is 17.9 Å². The summed E-state index contributed by atoms with van der Waals surface area (Å²) < 4.78 is 19.9. The summed E-state index contributed by atoms with van der Waals surface area (Å²) in [7, 11) is 0. The molecule has 8 heteroatoms. The van der Waals surface area contributed by atoms with E-state index in [0.717, 1.165) is 6.07 Å². The SMILES string of the molecule is Cc1c(F)cc(C(N)=O)cc1NC(=O)COc1ccc(C2SCCCS2)cc1. The number of thioether (sulfide) groups is 2. The van der Waals surface area contributed by atoms with Crippen LogP contribution in [-0.4, -0.2) is 29.9 Å². The van der Waals surface area contributed by atoms with Crippen molar-refractivity contribution in [1.29, 1.82) is 0 Å². The van der Waals surface area contributed by atoms with Gasteiger partial charge in [0.25, 0.3) is 5.91 Å². The van der Waals surface area contributed by atoms with Gasteiger partial charge in [0.2, 0.25) is 5.91 Å². The molecule has 2 aromatic rings. The maximum Gasteiger partial charge on any atom is 0.262 e. The minimum Gasteiger partial charge on any atom is -0.484 e. The second-order valence-electron chi connectivity index (χ2n) is 6.33. The van der Waals surface area contributed by atoms with Crippen LogP contribution in [0.5, 0.6) is 5.75 Å². The molecule has 0 unspecified atom stereocenters. The second kappa shape index (κ2) is 9.34. The van der Waals surface area contributed by atoms with Gasteiger partial charge in [-0.2, -0.15) is 0 Å². The number of nitrogens with one attached hydrogen (secondary N) is 1. The molecule has 3 rings (SSSR count). The summed E-state index contributed by atoms with van der Waals surface area (Å²) in [5.41, 5.74) is 6.84. The molecule has 0 saturated carbocycles. The molecule has 5 nitrogen and oxygen atoms in total. The van der Waals surface area contributed by atoms with E-state index in [1.807, 2.05) is 47.8 Å². The van der Waals surface area contributed by atoms with Gasteiger partial charge in [-0.25, -0.2) is 4.39 Å². The van der Waals surface area contributed by atoms with Crippen molar-refractivity contribution in [3.05, 3.63) is 58.9 Å². The van der Waals surface area contributed by atoms with Gasteiger partial charge in [-0.05, 0) is 54.7 Å². The molecule has 1 fully saturated rings. The number of anilines is 1. The van der Waals surface area contributed by atoms with Gasteiger partial charge in [0.05, 0.1) is 4.58 Å². The number of halogens is 1. The third kappa shape index (κ3) is 5.20. The first kappa shape index (κ1) is 20.5. The first-order valence-electron chi connectivity index (χ1n) is 8.80. The van der Waals surface area contributed by atoms with Gasteiger partial charge in [-0.1, -0.05) is 12.1 Å². The van der Waals surface area contributed by atoms with Crippen molar-refractivity contribution >= 4 is 41.0 Å². The van der Waals surface area contributed by atoms with E-state index < -0.39 is 17.6 Å².